The van der Waals surface area contributed by atoms with Gasteiger partial charge in [0.15, 0.2) is 0 Å². The van der Waals surface area contributed by atoms with Crippen LogP contribution in [0.5, 0.6) is 0 Å². The van der Waals surface area contributed by atoms with Gasteiger partial charge >= 0.3 is 0 Å². The van der Waals surface area contributed by atoms with Crippen LogP contribution in [-0.2, 0) is 10.0 Å². The van der Waals surface area contributed by atoms with Crippen LogP contribution in [0.25, 0.3) is 22.3 Å². The molecule has 0 aliphatic rings. The summed E-state index contributed by atoms with van der Waals surface area (Å²) in [6.07, 6.45) is 1.94. The standard InChI is InChI=1S/C30H33N3O2S/c1-19(2)32-28-17-14-25(18-31-28)30-22(5)20(3)29(21(4)23(30)6)24-12-15-26(16-13-24)33-36(34,35)27-10-8-7-9-11-27/h7-19,33H,1-6H3,(H,31,32). The lowest BCUT2D eigenvalue weighted by Crippen LogP contribution is -2.12. The van der Waals surface area contributed by atoms with E-state index in [9.17, 15) is 8.42 Å². The molecule has 1 aromatic heterocycles. The van der Waals surface area contributed by atoms with Gasteiger partial charge in [-0.1, -0.05) is 30.3 Å². The van der Waals surface area contributed by atoms with Crippen molar-refractivity contribution >= 4 is 21.5 Å². The molecule has 0 radical (unpaired) electrons. The number of anilines is 2. The van der Waals surface area contributed by atoms with Gasteiger partial charge < -0.3 is 5.32 Å². The van der Waals surface area contributed by atoms with Gasteiger partial charge in [0, 0.05) is 23.5 Å². The lowest BCUT2D eigenvalue weighted by molar-refractivity contribution is 0.601. The highest BCUT2D eigenvalue weighted by atomic mass is 32.2. The van der Waals surface area contributed by atoms with Gasteiger partial charge in [-0.25, -0.2) is 13.4 Å². The van der Waals surface area contributed by atoms with E-state index in [2.05, 4.69) is 62.6 Å². The molecule has 36 heavy (non-hydrogen) atoms. The van der Waals surface area contributed by atoms with E-state index < -0.39 is 10.0 Å². The molecular formula is C30H33N3O2S. The van der Waals surface area contributed by atoms with Gasteiger partial charge in [-0.05, 0) is 117 Å². The van der Waals surface area contributed by atoms with Gasteiger partial charge in [-0.15, -0.1) is 0 Å². The number of hydrogen-bond donors (Lipinski definition) is 2. The van der Waals surface area contributed by atoms with E-state index in [1.54, 1.807) is 30.3 Å². The summed E-state index contributed by atoms with van der Waals surface area (Å²) in [5.41, 5.74) is 9.92. The average molecular weight is 500 g/mol. The summed E-state index contributed by atoms with van der Waals surface area (Å²) in [5, 5.41) is 3.34. The molecule has 0 spiro atoms. The van der Waals surface area contributed by atoms with Crippen LogP contribution in [0.2, 0.25) is 0 Å². The molecule has 186 valence electrons. The maximum atomic E-state index is 12.7. The van der Waals surface area contributed by atoms with Gasteiger partial charge in [-0.2, -0.15) is 0 Å². The number of nitrogens with zero attached hydrogens (tertiary/aromatic N) is 1. The van der Waals surface area contributed by atoms with Gasteiger partial charge in [0.2, 0.25) is 0 Å². The van der Waals surface area contributed by atoms with E-state index in [-0.39, 0.29) is 4.90 Å². The minimum absolute atomic E-state index is 0.241. The first kappa shape index (κ1) is 25.5. The first-order valence-electron chi connectivity index (χ1n) is 12.1. The molecular weight excluding hydrogens is 466 g/mol. The monoisotopic (exact) mass is 499 g/mol. The Balaban J connectivity index is 1.67. The first-order chi connectivity index (χ1) is 17.1. The fraction of sp³-hybridized carbons (Fsp3) is 0.233. The highest BCUT2D eigenvalue weighted by Crippen LogP contribution is 2.39. The predicted molar refractivity (Wildman–Crippen MR) is 150 cm³/mol. The minimum atomic E-state index is -3.63. The van der Waals surface area contributed by atoms with Gasteiger partial charge in [0.1, 0.15) is 5.82 Å². The van der Waals surface area contributed by atoms with Crippen molar-refractivity contribution in [1.82, 2.24) is 4.98 Å². The third-order valence-corrected chi connectivity index (χ3v) is 7.99. The highest BCUT2D eigenvalue weighted by molar-refractivity contribution is 7.92. The van der Waals surface area contributed by atoms with Crippen molar-refractivity contribution in [2.45, 2.75) is 52.5 Å². The average Bonchev–Trinajstić information content (AvgIpc) is 2.85. The Kier molecular flexibility index (Phi) is 7.18. The predicted octanol–water partition coefficient (Wildman–Crippen LogP) is 7.27. The molecule has 1 heterocycles. The number of hydrogen-bond acceptors (Lipinski definition) is 4. The number of benzene rings is 3. The molecule has 0 fully saturated rings. The lowest BCUT2D eigenvalue weighted by atomic mass is 9.84. The van der Waals surface area contributed by atoms with E-state index in [4.69, 9.17) is 0 Å². The Morgan fingerprint density at radius 1 is 0.694 bits per heavy atom. The van der Waals surface area contributed by atoms with Crippen LogP contribution in [0.15, 0.2) is 77.8 Å². The summed E-state index contributed by atoms with van der Waals surface area (Å²) in [5.74, 6) is 0.872. The van der Waals surface area contributed by atoms with Gasteiger partial charge in [-0.3, -0.25) is 4.72 Å². The molecule has 0 amide bonds. The second-order valence-corrected chi connectivity index (χ2v) is 11.2. The third kappa shape index (κ3) is 5.14. The normalized spacial score (nSPS) is 11.5. The number of aromatic nitrogens is 1. The zero-order valence-corrected chi connectivity index (χ0v) is 22.5. The molecule has 2 N–H and O–H groups in total. The summed E-state index contributed by atoms with van der Waals surface area (Å²) >= 11 is 0. The molecule has 0 unspecified atom stereocenters. The van der Waals surface area contributed by atoms with Crippen molar-refractivity contribution in [2.75, 3.05) is 10.0 Å². The fourth-order valence-electron chi connectivity index (χ4n) is 4.62. The van der Waals surface area contributed by atoms with E-state index in [1.807, 2.05) is 36.5 Å². The molecule has 5 nitrogen and oxygen atoms in total. The van der Waals surface area contributed by atoms with Crippen LogP contribution in [0, 0.1) is 27.7 Å². The van der Waals surface area contributed by atoms with Crippen molar-refractivity contribution in [3.05, 3.63) is 95.2 Å². The third-order valence-electron chi connectivity index (χ3n) is 6.59. The Labute approximate surface area is 214 Å². The van der Waals surface area contributed by atoms with E-state index in [0.717, 1.165) is 16.9 Å². The van der Waals surface area contributed by atoms with Crippen molar-refractivity contribution in [3.8, 4) is 22.3 Å². The Bertz CT molecular complexity index is 1450. The SMILES string of the molecule is Cc1c(C)c(-c2ccc(NC(C)C)nc2)c(C)c(C)c1-c1ccc(NS(=O)(=O)c2ccccc2)cc1. The minimum Gasteiger partial charge on any atom is -0.368 e. The second kappa shape index (κ2) is 10.2. The maximum Gasteiger partial charge on any atom is 0.261 e. The largest absolute Gasteiger partial charge is 0.368 e. The van der Waals surface area contributed by atoms with Crippen LogP contribution in [-0.4, -0.2) is 19.4 Å². The Morgan fingerprint density at radius 2 is 1.22 bits per heavy atom. The summed E-state index contributed by atoms with van der Waals surface area (Å²) in [6, 6.07) is 20.5. The molecule has 4 rings (SSSR count). The van der Waals surface area contributed by atoms with Crippen molar-refractivity contribution < 1.29 is 8.42 Å². The summed E-state index contributed by atoms with van der Waals surface area (Å²) in [4.78, 5) is 4.85. The maximum absolute atomic E-state index is 12.7. The zero-order valence-electron chi connectivity index (χ0n) is 21.7. The van der Waals surface area contributed by atoms with Crippen LogP contribution >= 0.6 is 0 Å². The van der Waals surface area contributed by atoms with E-state index >= 15 is 0 Å². The smallest absolute Gasteiger partial charge is 0.261 e. The van der Waals surface area contributed by atoms with Crippen molar-refractivity contribution in [3.63, 3.8) is 0 Å². The molecule has 0 aliphatic carbocycles. The van der Waals surface area contributed by atoms with Crippen LogP contribution in [0.3, 0.4) is 0 Å². The zero-order chi connectivity index (χ0) is 26.0. The van der Waals surface area contributed by atoms with Crippen molar-refractivity contribution in [1.29, 1.82) is 0 Å². The van der Waals surface area contributed by atoms with Crippen LogP contribution in [0.1, 0.15) is 36.1 Å². The molecule has 0 saturated heterocycles. The summed E-state index contributed by atoms with van der Waals surface area (Å²) in [6.45, 7) is 12.8. The number of rotatable bonds is 7. The lowest BCUT2D eigenvalue weighted by Gasteiger charge is -2.21. The van der Waals surface area contributed by atoms with Crippen LogP contribution in [0.4, 0.5) is 11.5 Å². The Hall–Kier alpha value is -3.64. The number of pyridine rings is 1. The molecule has 3 aromatic carbocycles. The molecule has 0 bridgehead atoms. The van der Waals surface area contributed by atoms with E-state index in [0.29, 0.717) is 11.7 Å². The number of sulfonamides is 1. The Morgan fingerprint density at radius 3 is 1.72 bits per heavy atom. The van der Waals surface area contributed by atoms with Crippen LogP contribution < -0.4 is 10.0 Å². The molecule has 0 saturated carbocycles. The molecule has 0 atom stereocenters. The first-order valence-corrected chi connectivity index (χ1v) is 13.6. The quantitative estimate of drug-likeness (QED) is 0.280. The topological polar surface area (TPSA) is 71.1 Å². The molecule has 0 aliphatic heterocycles. The fourth-order valence-corrected chi connectivity index (χ4v) is 5.70. The van der Waals surface area contributed by atoms with E-state index in [1.165, 1.54) is 33.4 Å². The van der Waals surface area contributed by atoms with Gasteiger partial charge in [0.05, 0.1) is 4.90 Å². The summed E-state index contributed by atoms with van der Waals surface area (Å²) in [7, 11) is -3.63. The molecule has 6 heteroatoms. The number of nitrogens with one attached hydrogen (secondary N) is 2. The van der Waals surface area contributed by atoms with Crippen molar-refractivity contribution in [2.24, 2.45) is 0 Å². The summed E-state index contributed by atoms with van der Waals surface area (Å²) < 4.78 is 28.0. The molecule has 4 aromatic rings. The van der Waals surface area contributed by atoms with Gasteiger partial charge in [0.25, 0.3) is 10.0 Å². The highest BCUT2D eigenvalue weighted by Gasteiger charge is 2.18. The second-order valence-electron chi connectivity index (χ2n) is 9.48.